The van der Waals surface area contributed by atoms with Crippen LogP contribution in [0.15, 0.2) is 51.8 Å². The molecule has 0 fully saturated rings. The molecule has 6 nitrogen and oxygen atoms in total. The van der Waals surface area contributed by atoms with Crippen LogP contribution >= 0.6 is 27.5 Å². The van der Waals surface area contributed by atoms with Crippen LogP contribution in [-0.4, -0.2) is 34.0 Å². The molecule has 26 heavy (non-hydrogen) atoms. The summed E-state index contributed by atoms with van der Waals surface area (Å²) in [6.07, 6.45) is 0. The van der Waals surface area contributed by atoms with Crippen molar-refractivity contribution in [1.29, 1.82) is 0 Å². The number of hydrogen-bond donors (Lipinski definition) is 2. The van der Waals surface area contributed by atoms with Gasteiger partial charge in [-0.15, -0.1) is 0 Å². The van der Waals surface area contributed by atoms with Crippen LogP contribution in [0.4, 0.5) is 4.39 Å². The minimum atomic E-state index is -3.72. The first-order valence-electron chi connectivity index (χ1n) is 7.38. The molecule has 0 atom stereocenters. The maximum absolute atomic E-state index is 13.6. The fourth-order valence-corrected chi connectivity index (χ4v) is 3.56. The summed E-state index contributed by atoms with van der Waals surface area (Å²) in [7, 11) is -3.72. The zero-order valence-corrected chi connectivity index (χ0v) is 16.5. The van der Waals surface area contributed by atoms with Gasteiger partial charge in [-0.2, -0.15) is 0 Å². The second-order valence-corrected chi connectivity index (χ2v) is 8.19. The number of ether oxygens (including phenoxy) is 1. The molecule has 0 aromatic heterocycles. The number of rotatable bonds is 8. The zero-order valence-electron chi connectivity index (χ0n) is 13.3. The molecule has 0 aliphatic heterocycles. The molecule has 0 unspecified atom stereocenters. The van der Waals surface area contributed by atoms with E-state index in [-0.39, 0.29) is 30.3 Å². The maximum Gasteiger partial charge on any atom is 0.257 e. The molecule has 0 aliphatic rings. The summed E-state index contributed by atoms with van der Waals surface area (Å²) in [5.74, 6) is -1.15. The van der Waals surface area contributed by atoms with Crippen molar-refractivity contribution < 1.29 is 22.3 Å². The Kier molecular flexibility index (Phi) is 7.39. The molecule has 2 N–H and O–H groups in total. The average molecular weight is 466 g/mol. The molecule has 2 aromatic carbocycles. The van der Waals surface area contributed by atoms with Gasteiger partial charge in [0.05, 0.1) is 4.90 Å². The Morgan fingerprint density at radius 1 is 1.19 bits per heavy atom. The molecular weight excluding hydrogens is 451 g/mol. The summed E-state index contributed by atoms with van der Waals surface area (Å²) in [6.45, 7) is -0.363. The molecular formula is C16H15BrClFN2O4S. The van der Waals surface area contributed by atoms with Gasteiger partial charge in [0.15, 0.2) is 18.2 Å². The van der Waals surface area contributed by atoms with Crippen molar-refractivity contribution in [1.82, 2.24) is 10.0 Å². The molecule has 140 valence electrons. The molecule has 1 amide bonds. The van der Waals surface area contributed by atoms with Crippen molar-refractivity contribution in [3.63, 3.8) is 0 Å². The third-order valence-electron chi connectivity index (χ3n) is 3.10. The second kappa shape index (κ2) is 9.31. The number of amides is 1. The predicted octanol–water partition coefficient (Wildman–Crippen LogP) is 2.72. The number of carbonyl (C=O) groups is 1. The quantitative estimate of drug-likeness (QED) is 0.587. The molecule has 2 aromatic rings. The number of carbonyl (C=O) groups excluding carboxylic acids is 1. The second-order valence-electron chi connectivity index (χ2n) is 5.07. The van der Waals surface area contributed by atoms with Crippen molar-refractivity contribution in [2.75, 3.05) is 19.7 Å². The monoisotopic (exact) mass is 464 g/mol. The van der Waals surface area contributed by atoms with Gasteiger partial charge in [-0.25, -0.2) is 17.5 Å². The smallest absolute Gasteiger partial charge is 0.257 e. The molecule has 0 bridgehead atoms. The van der Waals surface area contributed by atoms with Crippen molar-refractivity contribution in [2.24, 2.45) is 0 Å². The Hall–Kier alpha value is -1.68. The minimum Gasteiger partial charge on any atom is -0.481 e. The topological polar surface area (TPSA) is 84.5 Å². The van der Waals surface area contributed by atoms with Crippen molar-refractivity contribution >= 4 is 43.5 Å². The lowest BCUT2D eigenvalue weighted by atomic mass is 10.3. The largest absolute Gasteiger partial charge is 0.481 e. The first kappa shape index (κ1) is 20.6. The molecule has 2 rings (SSSR count). The van der Waals surface area contributed by atoms with Gasteiger partial charge in [0.2, 0.25) is 10.0 Å². The lowest BCUT2D eigenvalue weighted by Gasteiger charge is -2.10. The predicted molar refractivity (Wildman–Crippen MR) is 99.2 cm³/mol. The van der Waals surface area contributed by atoms with Crippen LogP contribution in [0.5, 0.6) is 5.75 Å². The van der Waals surface area contributed by atoms with E-state index in [1.807, 2.05) is 0 Å². The summed E-state index contributed by atoms with van der Waals surface area (Å²) < 4.78 is 45.6. The van der Waals surface area contributed by atoms with E-state index in [4.69, 9.17) is 16.3 Å². The molecule has 0 saturated carbocycles. The van der Waals surface area contributed by atoms with Crippen LogP contribution in [-0.2, 0) is 14.8 Å². The van der Waals surface area contributed by atoms with E-state index in [0.717, 1.165) is 0 Å². The van der Waals surface area contributed by atoms with Crippen LogP contribution in [0.2, 0.25) is 5.02 Å². The van der Waals surface area contributed by atoms with Crippen LogP contribution in [0.25, 0.3) is 0 Å². The van der Waals surface area contributed by atoms with Gasteiger partial charge in [-0.3, -0.25) is 4.79 Å². The third-order valence-corrected chi connectivity index (χ3v) is 5.29. The number of sulfonamides is 1. The van der Waals surface area contributed by atoms with Gasteiger partial charge >= 0.3 is 0 Å². The summed E-state index contributed by atoms with van der Waals surface area (Å²) >= 11 is 8.88. The highest BCUT2D eigenvalue weighted by Gasteiger charge is 2.14. The van der Waals surface area contributed by atoms with E-state index in [9.17, 15) is 17.6 Å². The highest BCUT2D eigenvalue weighted by atomic mass is 79.9. The fourth-order valence-electron chi connectivity index (χ4n) is 1.89. The van der Waals surface area contributed by atoms with Crippen molar-refractivity contribution in [3.05, 3.63) is 57.8 Å². The third kappa shape index (κ3) is 6.24. The first-order chi connectivity index (χ1) is 12.3. The number of halogens is 3. The zero-order chi connectivity index (χ0) is 19.2. The van der Waals surface area contributed by atoms with Crippen LogP contribution in [0, 0.1) is 5.82 Å². The number of benzene rings is 2. The Morgan fingerprint density at radius 2 is 1.96 bits per heavy atom. The molecule has 10 heteroatoms. The van der Waals surface area contributed by atoms with Gasteiger partial charge in [-0.05, 0) is 36.4 Å². The molecule has 0 spiro atoms. The van der Waals surface area contributed by atoms with Crippen LogP contribution in [0.1, 0.15) is 0 Å². The molecule has 0 heterocycles. The highest BCUT2D eigenvalue weighted by molar-refractivity contribution is 9.10. The van der Waals surface area contributed by atoms with Crippen molar-refractivity contribution in [2.45, 2.75) is 4.90 Å². The lowest BCUT2D eigenvalue weighted by Crippen LogP contribution is -2.36. The summed E-state index contributed by atoms with van der Waals surface area (Å²) in [5, 5.41) is 2.77. The van der Waals surface area contributed by atoms with E-state index in [2.05, 4.69) is 26.0 Å². The number of hydrogen-bond acceptors (Lipinski definition) is 4. The van der Waals surface area contributed by atoms with E-state index in [1.165, 1.54) is 30.3 Å². The van der Waals surface area contributed by atoms with E-state index in [0.29, 0.717) is 9.50 Å². The van der Waals surface area contributed by atoms with Crippen LogP contribution in [0.3, 0.4) is 0 Å². The summed E-state index contributed by atoms with van der Waals surface area (Å²) in [4.78, 5) is 11.7. The average Bonchev–Trinajstić information content (AvgIpc) is 2.58. The summed E-state index contributed by atoms with van der Waals surface area (Å²) in [6, 6.07) is 10.0. The Labute approximate surface area is 163 Å². The normalized spacial score (nSPS) is 11.2. The first-order valence-corrected chi connectivity index (χ1v) is 10.0. The Morgan fingerprint density at radius 3 is 2.65 bits per heavy atom. The standard InChI is InChI=1S/C16H15BrClFN2O4S/c17-11-4-5-15(14(19)8-11)25-10-16(22)20-6-7-21-26(23,24)13-3-1-2-12(18)9-13/h1-5,8-9,21H,6-7,10H2,(H,20,22). The van der Waals surface area contributed by atoms with Gasteiger partial charge in [0.25, 0.3) is 5.91 Å². The van der Waals surface area contributed by atoms with E-state index in [1.54, 1.807) is 12.1 Å². The van der Waals surface area contributed by atoms with Gasteiger partial charge in [0, 0.05) is 22.6 Å². The fraction of sp³-hybridized carbons (Fsp3) is 0.188. The maximum atomic E-state index is 13.6. The molecule has 0 saturated heterocycles. The SMILES string of the molecule is O=C(COc1ccc(Br)cc1F)NCCNS(=O)(=O)c1cccc(Cl)c1. The minimum absolute atomic E-state index is 0.0206. The number of nitrogens with one attached hydrogen (secondary N) is 2. The lowest BCUT2D eigenvalue weighted by molar-refractivity contribution is -0.123. The van der Waals surface area contributed by atoms with Crippen molar-refractivity contribution in [3.8, 4) is 5.75 Å². The highest BCUT2D eigenvalue weighted by Crippen LogP contribution is 2.21. The van der Waals surface area contributed by atoms with E-state index < -0.39 is 21.7 Å². The van der Waals surface area contributed by atoms with E-state index >= 15 is 0 Å². The summed E-state index contributed by atoms with van der Waals surface area (Å²) in [5.41, 5.74) is 0. The van der Waals surface area contributed by atoms with Crippen LogP contribution < -0.4 is 14.8 Å². The molecule has 0 radical (unpaired) electrons. The van der Waals surface area contributed by atoms with Gasteiger partial charge in [0.1, 0.15) is 0 Å². The van der Waals surface area contributed by atoms with Gasteiger partial charge < -0.3 is 10.1 Å². The van der Waals surface area contributed by atoms with Gasteiger partial charge in [-0.1, -0.05) is 33.6 Å². The Bertz CT molecular complexity index is 896. The Balaban J connectivity index is 1.74. The molecule has 0 aliphatic carbocycles.